The molecule has 0 nitrogen and oxygen atoms in total. The van der Waals surface area contributed by atoms with Crippen molar-refractivity contribution in [2.45, 2.75) is 38.5 Å². The summed E-state index contributed by atoms with van der Waals surface area (Å²) in [5.74, 6) is 3.60. The van der Waals surface area contributed by atoms with Crippen LogP contribution in [0.3, 0.4) is 0 Å². The first-order valence-electron chi connectivity index (χ1n) is 3.87. The molecule has 0 aromatic rings. The van der Waals surface area contributed by atoms with E-state index in [0.29, 0.717) is 0 Å². The van der Waals surface area contributed by atoms with Crippen molar-refractivity contribution >= 4 is 12.4 Å². The number of terminal acetylenes is 1. The van der Waals surface area contributed by atoms with Crippen molar-refractivity contribution in [3.8, 4) is 12.3 Å². The van der Waals surface area contributed by atoms with E-state index in [-0.39, 0.29) is 12.4 Å². The topological polar surface area (TPSA) is 0 Å². The summed E-state index contributed by atoms with van der Waals surface area (Å²) in [5, 5.41) is 0. The fraction of sp³-hybridized carbons (Fsp3) is 0.778. The zero-order valence-electron chi connectivity index (χ0n) is 6.31. The molecule has 0 bridgehead atoms. The van der Waals surface area contributed by atoms with Crippen molar-refractivity contribution in [3.63, 3.8) is 0 Å². The quantitative estimate of drug-likeness (QED) is 0.515. The largest absolute Gasteiger partial charge is 0.147 e. The lowest BCUT2D eigenvalue weighted by molar-refractivity contribution is 0.365. The van der Waals surface area contributed by atoms with Gasteiger partial charge in [0.05, 0.1) is 0 Å². The van der Waals surface area contributed by atoms with Crippen molar-refractivity contribution in [1.29, 1.82) is 0 Å². The summed E-state index contributed by atoms with van der Waals surface area (Å²) in [6.07, 6.45) is 13.2. The molecule has 0 N–H and O–H groups in total. The van der Waals surface area contributed by atoms with Crippen LogP contribution in [0.4, 0.5) is 0 Å². The maximum absolute atomic E-state index is 5.21. The van der Waals surface area contributed by atoms with Gasteiger partial charge in [0.25, 0.3) is 0 Å². The molecule has 1 fully saturated rings. The molecule has 0 aliphatic heterocycles. The summed E-state index contributed by atoms with van der Waals surface area (Å²) in [7, 11) is 0. The minimum Gasteiger partial charge on any atom is -0.147 e. The Hall–Kier alpha value is -0.150. The molecule has 0 spiro atoms. The lowest BCUT2D eigenvalue weighted by Crippen LogP contribution is -2.04. The van der Waals surface area contributed by atoms with Crippen LogP contribution < -0.4 is 0 Å². The highest BCUT2D eigenvalue weighted by Crippen LogP contribution is 2.25. The van der Waals surface area contributed by atoms with E-state index in [1.807, 2.05) is 0 Å². The highest BCUT2D eigenvalue weighted by atomic mass is 35.5. The Bertz CT molecular complexity index is 106. The maximum atomic E-state index is 5.21. The molecule has 1 aliphatic rings. The van der Waals surface area contributed by atoms with Crippen molar-refractivity contribution in [3.05, 3.63) is 0 Å². The zero-order chi connectivity index (χ0) is 6.53. The summed E-state index contributed by atoms with van der Waals surface area (Å²) < 4.78 is 0. The number of hydrogen-bond donors (Lipinski definition) is 0. The normalized spacial score (nSPS) is 19.1. The molecule has 10 heavy (non-hydrogen) atoms. The fourth-order valence-electron chi connectivity index (χ4n) is 1.56. The molecule has 0 atom stereocenters. The molecule has 0 saturated heterocycles. The number of hydrogen-bond acceptors (Lipinski definition) is 0. The van der Waals surface area contributed by atoms with Crippen molar-refractivity contribution in [2.75, 3.05) is 0 Å². The lowest BCUT2D eigenvalue weighted by atomic mass is 9.87. The minimum absolute atomic E-state index is 0. The summed E-state index contributed by atoms with van der Waals surface area (Å²) in [6.45, 7) is 0. The van der Waals surface area contributed by atoms with E-state index in [0.717, 1.165) is 12.3 Å². The molecule has 0 aromatic carbocycles. The molecule has 0 radical (unpaired) electrons. The van der Waals surface area contributed by atoms with Gasteiger partial charge < -0.3 is 0 Å². The van der Waals surface area contributed by atoms with E-state index in [4.69, 9.17) is 6.42 Å². The fourth-order valence-corrected chi connectivity index (χ4v) is 1.56. The lowest BCUT2D eigenvalue weighted by Gasteiger charge is -2.18. The third kappa shape index (κ3) is 3.13. The Labute approximate surface area is 69.8 Å². The summed E-state index contributed by atoms with van der Waals surface area (Å²) in [4.78, 5) is 0. The van der Waals surface area contributed by atoms with Gasteiger partial charge in [-0.25, -0.2) is 0 Å². The van der Waals surface area contributed by atoms with Gasteiger partial charge >= 0.3 is 0 Å². The summed E-state index contributed by atoms with van der Waals surface area (Å²) in [6, 6.07) is 0. The Morgan fingerprint density at radius 3 is 2.30 bits per heavy atom. The number of rotatable bonds is 1. The standard InChI is InChI=1S/C9H14.ClH/c1-2-6-9-7-4-3-5-8-9;/h1,9H,3-8H2;1H. The molecule has 1 rings (SSSR count). The zero-order valence-corrected chi connectivity index (χ0v) is 7.12. The van der Waals surface area contributed by atoms with E-state index >= 15 is 0 Å². The smallest absolute Gasteiger partial charge is 0.0114 e. The molecule has 1 heteroatoms. The van der Waals surface area contributed by atoms with Crippen LogP contribution in [0.15, 0.2) is 0 Å². The second-order valence-electron chi connectivity index (χ2n) is 2.91. The van der Waals surface area contributed by atoms with Crippen LogP contribution >= 0.6 is 12.4 Å². The van der Waals surface area contributed by atoms with Crippen LogP contribution in [0.2, 0.25) is 0 Å². The minimum atomic E-state index is 0. The van der Waals surface area contributed by atoms with E-state index in [2.05, 4.69) is 5.92 Å². The molecular formula is C9H15Cl. The molecule has 1 aliphatic carbocycles. The van der Waals surface area contributed by atoms with Gasteiger partial charge in [0.15, 0.2) is 0 Å². The Morgan fingerprint density at radius 2 is 1.80 bits per heavy atom. The second-order valence-corrected chi connectivity index (χ2v) is 2.91. The Balaban J connectivity index is 0.000000810. The molecule has 58 valence electrons. The third-order valence-corrected chi connectivity index (χ3v) is 2.13. The van der Waals surface area contributed by atoms with E-state index in [1.54, 1.807) is 0 Å². The van der Waals surface area contributed by atoms with Gasteiger partial charge in [0.1, 0.15) is 0 Å². The van der Waals surface area contributed by atoms with Crippen LogP contribution in [-0.2, 0) is 0 Å². The van der Waals surface area contributed by atoms with Gasteiger partial charge in [0, 0.05) is 6.42 Å². The average Bonchev–Trinajstić information content (AvgIpc) is 1.91. The van der Waals surface area contributed by atoms with E-state index in [9.17, 15) is 0 Å². The van der Waals surface area contributed by atoms with Gasteiger partial charge in [0.2, 0.25) is 0 Å². The SMILES string of the molecule is C#CCC1CCCCC1.Cl. The highest BCUT2D eigenvalue weighted by molar-refractivity contribution is 5.85. The van der Waals surface area contributed by atoms with E-state index < -0.39 is 0 Å². The Kier molecular flexibility index (Phi) is 5.54. The van der Waals surface area contributed by atoms with Gasteiger partial charge in [-0.2, -0.15) is 0 Å². The van der Waals surface area contributed by atoms with Crippen LogP contribution in [-0.4, -0.2) is 0 Å². The van der Waals surface area contributed by atoms with Crippen molar-refractivity contribution in [1.82, 2.24) is 0 Å². The monoisotopic (exact) mass is 158 g/mol. The van der Waals surface area contributed by atoms with Crippen LogP contribution in [0.1, 0.15) is 38.5 Å². The molecule has 0 aromatic heterocycles. The maximum Gasteiger partial charge on any atom is 0.0114 e. The molecule has 0 heterocycles. The second kappa shape index (κ2) is 5.62. The average molecular weight is 159 g/mol. The van der Waals surface area contributed by atoms with Crippen molar-refractivity contribution < 1.29 is 0 Å². The number of halogens is 1. The van der Waals surface area contributed by atoms with Gasteiger partial charge in [-0.1, -0.05) is 19.3 Å². The summed E-state index contributed by atoms with van der Waals surface area (Å²) in [5.41, 5.74) is 0. The van der Waals surface area contributed by atoms with E-state index in [1.165, 1.54) is 32.1 Å². The van der Waals surface area contributed by atoms with Gasteiger partial charge in [-0.3, -0.25) is 0 Å². The third-order valence-electron chi connectivity index (χ3n) is 2.13. The van der Waals surface area contributed by atoms with Gasteiger partial charge in [-0.15, -0.1) is 24.8 Å². The molecule has 0 unspecified atom stereocenters. The molecular weight excluding hydrogens is 144 g/mol. The Morgan fingerprint density at radius 1 is 1.20 bits per heavy atom. The van der Waals surface area contributed by atoms with Crippen molar-refractivity contribution in [2.24, 2.45) is 5.92 Å². The van der Waals surface area contributed by atoms with Crippen LogP contribution in [0.25, 0.3) is 0 Å². The van der Waals surface area contributed by atoms with Gasteiger partial charge in [-0.05, 0) is 18.8 Å². The predicted molar refractivity (Wildman–Crippen MR) is 47.3 cm³/mol. The first kappa shape index (κ1) is 9.85. The first-order chi connectivity index (χ1) is 4.43. The van der Waals surface area contributed by atoms with Crippen LogP contribution in [0, 0.1) is 18.3 Å². The first-order valence-corrected chi connectivity index (χ1v) is 3.87. The molecule has 0 amide bonds. The van der Waals surface area contributed by atoms with Crippen LogP contribution in [0.5, 0.6) is 0 Å². The molecule has 1 saturated carbocycles. The highest BCUT2D eigenvalue weighted by Gasteiger charge is 2.10. The summed E-state index contributed by atoms with van der Waals surface area (Å²) >= 11 is 0. The predicted octanol–water partition coefficient (Wildman–Crippen LogP) is 3.01.